The van der Waals surface area contributed by atoms with Gasteiger partial charge in [-0.2, -0.15) is 0 Å². The van der Waals surface area contributed by atoms with Gasteiger partial charge >= 0.3 is 0 Å². The molecule has 2 aromatic rings. The van der Waals surface area contributed by atoms with E-state index in [1.54, 1.807) is 5.20 Å². The molecule has 0 aromatic heterocycles. The van der Waals surface area contributed by atoms with Gasteiger partial charge in [0.1, 0.15) is 0 Å². The molecule has 0 heterocycles. The number of benzene rings is 2. The Morgan fingerprint density at radius 2 is 1.38 bits per heavy atom. The fourth-order valence-corrected chi connectivity index (χ4v) is 4.86. The summed E-state index contributed by atoms with van der Waals surface area (Å²) in [5.74, 6) is 0.346. The van der Waals surface area contributed by atoms with Crippen molar-refractivity contribution in [2.45, 2.75) is 45.8 Å². The maximum Gasteiger partial charge on any atom is 0.0728 e. The third kappa shape index (κ3) is 3.62. The van der Waals surface area contributed by atoms with Gasteiger partial charge in [-0.05, 0) is 37.0 Å². The summed E-state index contributed by atoms with van der Waals surface area (Å²) < 4.78 is 0. The van der Waals surface area contributed by atoms with Crippen molar-refractivity contribution >= 4 is 8.07 Å². The van der Waals surface area contributed by atoms with Crippen molar-refractivity contribution < 1.29 is 0 Å². The van der Waals surface area contributed by atoms with Crippen molar-refractivity contribution in [2.75, 3.05) is 0 Å². The summed E-state index contributed by atoms with van der Waals surface area (Å²) in [6.45, 7) is 11.7. The zero-order chi connectivity index (χ0) is 17.3. The number of rotatable bonds is 4. The molecule has 0 aliphatic heterocycles. The molecule has 0 saturated heterocycles. The summed E-state index contributed by atoms with van der Waals surface area (Å²) in [7, 11) is -1.23. The van der Waals surface area contributed by atoms with Crippen LogP contribution in [0.1, 0.15) is 34.6 Å². The van der Waals surface area contributed by atoms with Crippen LogP contribution in [0.2, 0.25) is 19.6 Å². The number of hydrogen-bond donors (Lipinski definition) is 0. The van der Waals surface area contributed by atoms with Gasteiger partial charge in [0.05, 0.1) is 8.07 Å². The predicted molar refractivity (Wildman–Crippen MR) is 108 cm³/mol. The molecule has 0 atom stereocenters. The molecule has 1 aliphatic carbocycles. The highest BCUT2D eigenvalue weighted by molar-refractivity contribution is 6.83. The first kappa shape index (κ1) is 17.0. The van der Waals surface area contributed by atoms with Gasteiger partial charge in [0.25, 0.3) is 0 Å². The molecule has 124 valence electrons. The molecule has 0 bridgehead atoms. The lowest BCUT2D eigenvalue weighted by Crippen LogP contribution is -2.22. The zero-order valence-corrected chi connectivity index (χ0v) is 16.6. The molecule has 0 N–H and O–H groups in total. The molecule has 0 nitrogen and oxygen atoms in total. The average molecular weight is 333 g/mol. The number of allylic oxidation sites excluding steroid dienone is 4. The predicted octanol–water partition coefficient (Wildman–Crippen LogP) is 6.57. The largest absolute Gasteiger partial charge is 0.0771 e. The van der Waals surface area contributed by atoms with E-state index in [2.05, 4.69) is 94.2 Å². The minimum atomic E-state index is -1.23. The summed E-state index contributed by atoms with van der Waals surface area (Å²) in [5.41, 5.74) is 6.94. The maximum atomic E-state index is 2.50. The molecule has 0 fully saturated rings. The molecule has 24 heavy (non-hydrogen) atoms. The van der Waals surface area contributed by atoms with Gasteiger partial charge in [0.2, 0.25) is 0 Å². The Morgan fingerprint density at radius 1 is 0.833 bits per heavy atom. The van der Waals surface area contributed by atoms with Crippen LogP contribution in [0.5, 0.6) is 0 Å². The van der Waals surface area contributed by atoms with Gasteiger partial charge in [-0.3, -0.25) is 0 Å². The average Bonchev–Trinajstić information content (AvgIpc) is 2.97. The first-order chi connectivity index (χ1) is 11.3. The van der Waals surface area contributed by atoms with E-state index in [0.717, 1.165) is 6.42 Å². The van der Waals surface area contributed by atoms with Crippen molar-refractivity contribution in [3.63, 3.8) is 0 Å². The van der Waals surface area contributed by atoms with Crippen molar-refractivity contribution in [1.82, 2.24) is 0 Å². The van der Waals surface area contributed by atoms with Gasteiger partial charge in [0, 0.05) is 5.92 Å². The Hall–Kier alpha value is -1.86. The minimum Gasteiger partial charge on any atom is -0.0771 e. The Bertz CT molecular complexity index is 757. The van der Waals surface area contributed by atoms with E-state index in [0.29, 0.717) is 5.92 Å². The van der Waals surface area contributed by atoms with E-state index >= 15 is 0 Å². The highest BCUT2D eigenvalue weighted by atomic mass is 28.3. The molecule has 2 aromatic carbocycles. The van der Waals surface area contributed by atoms with Crippen molar-refractivity contribution in [1.29, 1.82) is 0 Å². The highest BCUT2D eigenvalue weighted by Crippen LogP contribution is 2.39. The topological polar surface area (TPSA) is 0 Å². The summed E-state index contributed by atoms with van der Waals surface area (Å²) in [6, 6.07) is 18.0. The Balaban J connectivity index is 2.09. The van der Waals surface area contributed by atoms with Crippen LogP contribution in [0.15, 0.2) is 71.5 Å². The molecule has 0 unspecified atom stereocenters. The van der Waals surface area contributed by atoms with Gasteiger partial charge in [-0.15, -0.1) is 0 Å². The molecule has 0 radical (unpaired) electrons. The molecule has 1 aliphatic rings. The van der Waals surface area contributed by atoms with Gasteiger partial charge in [-0.25, -0.2) is 0 Å². The first-order valence-electron chi connectivity index (χ1n) is 8.89. The monoisotopic (exact) mass is 332 g/mol. The maximum absolute atomic E-state index is 2.50. The van der Waals surface area contributed by atoms with Crippen LogP contribution >= 0.6 is 0 Å². The van der Waals surface area contributed by atoms with Crippen LogP contribution in [0.25, 0.3) is 0 Å². The van der Waals surface area contributed by atoms with Gasteiger partial charge in [-0.1, -0.05) is 96.6 Å². The first-order valence-corrected chi connectivity index (χ1v) is 12.4. The summed E-state index contributed by atoms with van der Waals surface area (Å²) in [6.07, 6.45) is 6.10. The van der Waals surface area contributed by atoms with Crippen molar-refractivity contribution in [3.8, 4) is 0 Å². The van der Waals surface area contributed by atoms with Crippen LogP contribution in [0, 0.1) is 13.8 Å². The zero-order valence-electron chi connectivity index (χ0n) is 15.6. The van der Waals surface area contributed by atoms with Crippen LogP contribution in [-0.2, 0) is 0 Å². The van der Waals surface area contributed by atoms with Crippen molar-refractivity contribution in [3.05, 3.63) is 93.7 Å². The summed E-state index contributed by atoms with van der Waals surface area (Å²) in [4.78, 5) is 0. The standard InChI is InChI=1S/C23H28Si/c1-17-8-6-10-19(14-17)23(20-11-7-9-18(2)15-20)21-12-13-22(16-21)24(3,4)5/h6-12,14-16,23H,13H2,1-5H3. The fourth-order valence-electron chi connectivity index (χ4n) is 3.55. The van der Waals surface area contributed by atoms with Gasteiger partial charge < -0.3 is 0 Å². The van der Waals surface area contributed by atoms with Gasteiger partial charge in [0.15, 0.2) is 0 Å². The molecular formula is C23H28Si. The quantitative estimate of drug-likeness (QED) is 0.555. The normalized spacial score (nSPS) is 14.8. The molecule has 0 amide bonds. The molecular weight excluding hydrogens is 304 g/mol. The van der Waals surface area contributed by atoms with Crippen LogP contribution in [-0.4, -0.2) is 8.07 Å². The Labute approximate surface area is 147 Å². The lowest BCUT2D eigenvalue weighted by atomic mass is 9.84. The second kappa shape index (κ2) is 6.56. The third-order valence-corrected chi connectivity index (χ3v) is 7.22. The molecule has 1 heteroatoms. The van der Waals surface area contributed by atoms with Crippen LogP contribution in [0.3, 0.4) is 0 Å². The SMILES string of the molecule is Cc1cccc(C(C2=CCC([Si](C)(C)C)=C2)c2cccc(C)c2)c1. The number of hydrogen-bond acceptors (Lipinski definition) is 0. The Kier molecular flexibility index (Phi) is 4.64. The number of aryl methyl sites for hydroxylation is 2. The van der Waals surface area contributed by atoms with Crippen LogP contribution in [0.4, 0.5) is 0 Å². The highest BCUT2D eigenvalue weighted by Gasteiger charge is 2.26. The van der Waals surface area contributed by atoms with E-state index < -0.39 is 8.07 Å². The van der Waals surface area contributed by atoms with E-state index in [9.17, 15) is 0 Å². The second-order valence-corrected chi connectivity index (χ2v) is 13.2. The lowest BCUT2D eigenvalue weighted by molar-refractivity contribution is 0.972. The smallest absolute Gasteiger partial charge is 0.0728 e. The van der Waals surface area contributed by atoms with Crippen LogP contribution < -0.4 is 0 Å². The molecule has 3 rings (SSSR count). The van der Waals surface area contributed by atoms with E-state index in [4.69, 9.17) is 0 Å². The summed E-state index contributed by atoms with van der Waals surface area (Å²) >= 11 is 0. The van der Waals surface area contributed by atoms with E-state index in [1.165, 1.54) is 27.8 Å². The van der Waals surface area contributed by atoms with E-state index in [-0.39, 0.29) is 0 Å². The molecule has 0 saturated carbocycles. The minimum absolute atomic E-state index is 0.346. The second-order valence-electron chi connectivity index (χ2n) is 8.09. The lowest BCUT2D eigenvalue weighted by Gasteiger charge is -2.21. The Morgan fingerprint density at radius 3 is 1.79 bits per heavy atom. The van der Waals surface area contributed by atoms with Crippen molar-refractivity contribution in [2.24, 2.45) is 0 Å². The summed E-state index contributed by atoms with van der Waals surface area (Å²) in [5, 5.41) is 1.67. The third-order valence-electron chi connectivity index (χ3n) is 4.95. The fraction of sp³-hybridized carbons (Fsp3) is 0.304. The van der Waals surface area contributed by atoms with E-state index in [1.807, 2.05) is 0 Å². The molecule has 0 spiro atoms.